The Kier molecular flexibility index (Phi) is 5.24. The fourth-order valence-electron chi connectivity index (χ4n) is 2.86. The van der Waals surface area contributed by atoms with Gasteiger partial charge in [-0.1, -0.05) is 18.5 Å². The van der Waals surface area contributed by atoms with Gasteiger partial charge >= 0.3 is 0 Å². The number of nitrogens with one attached hydrogen (secondary N) is 2. The van der Waals surface area contributed by atoms with Gasteiger partial charge in [0, 0.05) is 17.0 Å². The monoisotopic (exact) mass is 393 g/mol. The largest absolute Gasteiger partial charge is 0.279 e. The minimum Gasteiger partial charge on any atom is -0.267 e. The second kappa shape index (κ2) is 7.43. The minimum absolute atomic E-state index is 0.0388. The first-order chi connectivity index (χ1) is 12.3. The normalized spacial score (nSPS) is 15.8. The second-order valence-electron chi connectivity index (χ2n) is 6.24. The molecule has 2 amide bonds. The number of fused-ring (bicyclic) bond motifs is 1. The fourth-order valence-corrected chi connectivity index (χ4v) is 4.23. The number of nitro benzene ring substituents is 1. The van der Waals surface area contributed by atoms with Gasteiger partial charge in [0.2, 0.25) is 0 Å². The SMILES string of the molecule is C[C@@H]1CCc2sc(C(=O)NNC(=O)c3ccc([N+](=O)[O-])cc3Cl)cc2C1. The number of carbonyl (C=O) groups excluding carboxylic acids is 2. The van der Waals surface area contributed by atoms with Crippen LogP contribution in [0.15, 0.2) is 24.3 Å². The molecule has 0 bridgehead atoms. The number of thiophene rings is 1. The van der Waals surface area contributed by atoms with E-state index in [2.05, 4.69) is 17.8 Å². The van der Waals surface area contributed by atoms with Crippen molar-refractivity contribution in [3.8, 4) is 0 Å². The van der Waals surface area contributed by atoms with Crippen LogP contribution in [0.4, 0.5) is 5.69 Å². The highest BCUT2D eigenvalue weighted by Crippen LogP contribution is 2.32. The van der Waals surface area contributed by atoms with Crippen molar-refractivity contribution in [1.82, 2.24) is 10.9 Å². The molecule has 7 nitrogen and oxygen atoms in total. The number of amides is 2. The summed E-state index contributed by atoms with van der Waals surface area (Å²) in [7, 11) is 0. The lowest BCUT2D eigenvalue weighted by Crippen LogP contribution is -2.41. The summed E-state index contributed by atoms with van der Waals surface area (Å²) in [5, 5.41) is 10.6. The van der Waals surface area contributed by atoms with E-state index in [0.717, 1.165) is 25.3 Å². The number of halogens is 1. The van der Waals surface area contributed by atoms with Crippen LogP contribution >= 0.6 is 22.9 Å². The van der Waals surface area contributed by atoms with Crippen molar-refractivity contribution in [2.24, 2.45) is 5.92 Å². The molecule has 1 heterocycles. The van der Waals surface area contributed by atoms with E-state index in [1.54, 1.807) is 0 Å². The van der Waals surface area contributed by atoms with Crippen LogP contribution in [-0.4, -0.2) is 16.7 Å². The summed E-state index contributed by atoms with van der Waals surface area (Å²) in [6.07, 6.45) is 3.05. The highest BCUT2D eigenvalue weighted by atomic mass is 35.5. The molecule has 1 aliphatic rings. The Morgan fingerprint density at radius 3 is 2.69 bits per heavy atom. The standard InChI is InChI=1S/C17H16ClN3O4S/c1-9-2-5-14-10(6-9)7-15(26-14)17(23)20-19-16(22)12-4-3-11(21(24)25)8-13(12)18/h3-4,7-9H,2,5-6H2,1H3,(H,19,22)(H,20,23)/t9-/m1/s1. The molecule has 2 N–H and O–H groups in total. The van der Waals surface area contributed by atoms with Crippen LogP contribution in [0.1, 0.15) is 43.8 Å². The molecule has 0 radical (unpaired) electrons. The molecule has 0 fully saturated rings. The molecule has 3 rings (SSSR count). The smallest absolute Gasteiger partial charge is 0.267 e. The van der Waals surface area contributed by atoms with E-state index in [4.69, 9.17) is 11.6 Å². The Balaban J connectivity index is 1.64. The van der Waals surface area contributed by atoms with Gasteiger partial charge in [0.05, 0.1) is 20.4 Å². The number of hydrogen-bond acceptors (Lipinski definition) is 5. The Bertz CT molecular complexity index is 896. The molecule has 1 aromatic carbocycles. The zero-order valence-electron chi connectivity index (χ0n) is 13.9. The van der Waals surface area contributed by atoms with Gasteiger partial charge in [-0.2, -0.15) is 0 Å². The van der Waals surface area contributed by atoms with Crippen LogP contribution in [0.2, 0.25) is 5.02 Å². The van der Waals surface area contributed by atoms with Gasteiger partial charge in [0.25, 0.3) is 17.5 Å². The van der Waals surface area contributed by atoms with E-state index in [9.17, 15) is 19.7 Å². The minimum atomic E-state index is -0.645. The van der Waals surface area contributed by atoms with Crippen molar-refractivity contribution in [3.05, 3.63) is 60.3 Å². The predicted octanol–water partition coefficient (Wildman–Crippen LogP) is 3.51. The molecule has 0 spiro atoms. The van der Waals surface area contributed by atoms with Crippen molar-refractivity contribution < 1.29 is 14.5 Å². The Morgan fingerprint density at radius 1 is 1.27 bits per heavy atom. The summed E-state index contributed by atoms with van der Waals surface area (Å²) in [6.45, 7) is 2.19. The number of nitro groups is 1. The maximum Gasteiger partial charge on any atom is 0.279 e. The first-order valence-corrected chi connectivity index (χ1v) is 9.21. The van der Waals surface area contributed by atoms with E-state index in [0.29, 0.717) is 10.8 Å². The molecule has 26 heavy (non-hydrogen) atoms. The lowest BCUT2D eigenvalue weighted by molar-refractivity contribution is -0.384. The number of hydrogen-bond donors (Lipinski definition) is 2. The predicted molar refractivity (Wildman–Crippen MR) is 98.5 cm³/mol. The average Bonchev–Trinajstić information content (AvgIpc) is 3.02. The molecular weight excluding hydrogens is 378 g/mol. The molecule has 2 aromatic rings. The number of carbonyl (C=O) groups is 2. The number of hydrazine groups is 1. The third-order valence-electron chi connectivity index (χ3n) is 4.25. The molecule has 1 aromatic heterocycles. The Morgan fingerprint density at radius 2 is 2.00 bits per heavy atom. The van der Waals surface area contributed by atoms with E-state index < -0.39 is 16.7 Å². The number of non-ortho nitro benzene ring substituents is 1. The molecule has 0 aliphatic heterocycles. The summed E-state index contributed by atoms with van der Waals surface area (Å²) < 4.78 is 0. The van der Waals surface area contributed by atoms with Crippen LogP contribution < -0.4 is 10.9 Å². The fraction of sp³-hybridized carbons (Fsp3) is 0.294. The van der Waals surface area contributed by atoms with Gasteiger partial charge in [-0.25, -0.2) is 0 Å². The molecule has 0 unspecified atom stereocenters. The van der Waals surface area contributed by atoms with Gasteiger partial charge in [0.15, 0.2) is 0 Å². The molecule has 136 valence electrons. The maximum absolute atomic E-state index is 12.3. The average molecular weight is 394 g/mol. The molecule has 0 saturated carbocycles. The lowest BCUT2D eigenvalue weighted by atomic mass is 9.90. The number of aryl methyl sites for hydroxylation is 1. The third kappa shape index (κ3) is 3.86. The zero-order chi connectivity index (χ0) is 18.8. The van der Waals surface area contributed by atoms with Gasteiger partial charge in [-0.15, -0.1) is 11.3 Å². The van der Waals surface area contributed by atoms with Crippen molar-refractivity contribution in [1.29, 1.82) is 0 Å². The van der Waals surface area contributed by atoms with Gasteiger partial charge < -0.3 is 0 Å². The van der Waals surface area contributed by atoms with E-state index in [-0.39, 0.29) is 16.3 Å². The highest BCUT2D eigenvalue weighted by Gasteiger charge is 2.21. The van der Waals surface area contributed by atoms with Gasteiger partial charge in [-0.05, 0) is 42.9 Å². The van der Waals surface area contributed by atoms with Crippen LogP contribution in [0.25, 0.3) is 0 Å². The number of benzene rings is 1. The van der Waals surface area contributed by atoms with E-state index >= 15 is 0 Å². The number of nitrogens with zero attached hydrogens (tertiary/aromatic N) is 1. The van der Waals surface area contributed by atoms with Crippen molar-refractivity contribution in [2.45, 2.75) is 26.2 Å². The van der Waals surface area contributed by atoms with Crippen LogP contribution in [0.3, 0.4) is 0 Å². The van der Waals surface area contributed by atoms with Crippen LogP contribution in [0.5, 0.6) is 0 Å². The van der Waals surface area contributed by atoms with Gasteiger partial charge in [-0.3, -0.25) is 30.6 Å². The highest BCUT2D eigenvalue weighted by molar-refractivity contribution is 7.14. The number of rotatable bonds is 3. The van der Waals surface area contributed by atoms with Crippen LogP contribution in [0, 0.1) is 16.0 Å². The zero-order valence-corrected chi connectivity index (χ0v) is 15.4. The summed E-state index contributed by atoms with van der Waals surface area (Å²) >= 11 is 7.34. The molecule has 1 aliphatic carbocycles. The first kappa shape index (κ1) is 18.3. The Hall–Kier alpha value is -2.45. The van der Waals surface area contributed by atoms with E-state index in [1.165, 1.54) is 33.9 Å². The first-order valence-electron chi connectivity index (χ1n) is 8.01. The summed E-state index contributed by atoms with van der Waals surface area (Å²) in [5.41, 5.74) is 5.67. The molecule has 9 heteroatoms. The molecular formula is C17H16ClN3O4S. The van der Waals surface area contributed by atoms with E-state index in [1.807, 2.05) is 6.07 Å². The quantitative estimate of drug-likeness (QED) is 0.615. The lowest BCUT2D eigenvalue weighted by Gasteiger charge is -2.16. The Labute approximate surface area is 158 Å². The summed E-state index contributed by atoms with van der Waals surface area (Å²) in [6, 6.07) is 5.38. The van der Waals surface area contributed by atoms with Gasteiger partial charge in [0.1, 0.15) is 0 Å². The maximum atomic E-state index is 12.3. The second-order valence-corrected chi connectivity index (χ2v) is 7.78. The van der Waals surface area contributed by atoms with Crippen LogP contribution in [-0.2, 0) is 12.8 Å². The molecule has 0 saturated heterocycles. The van der Waals surface area contributed by atoms with Crippen molar-refractivity contribution in [2.75, 3.05) is 0 Å². The molecule has 1 atom stereocenters. The third-order valence-corrected chi connectivity index (χ3v) is 5.80. The topological polar surface area (TPSA) is 101 Å². The van der Waals surface area contributed by atoms with Crippen molar-refractivity contribution in [3.63, 3.8) is 0 Å². The summed E-state index contributed by atoms with van der Waals surface area (Å²) in [5.74, 6) is -0.436. The van der Waals surface area contributed by atoms with Crippen molar-refractivity contribution >= 4 is 40.4 Å². The summed E-state index contributed by atoms with van der Waals surface area (Å²) in [4.78, 5) is 36.3.